The third kappa shape index (κ3) is 3.49. The normalized spacial score (nSPS) is 19.7. The summed E-state index contributed by atoms with van der Waals surface area (Å²) in [6.45, 7) is 0. The number of rotatable bonds is 1. The van der Waals surface area contributed by atoms with Gasteiger partial charge < -0.3 is 0 Å². The molecule has 0 N–H and O–H groups in total. The number of fused-ring (bicyclic) bond motifs is 2. The van der Waals surface area contributed by atoms with Gasteiger partial charge in [-0.15, -0.1) is 0 Å². The lowest BCUT2D eigenvalue weighted by molar-refractivity contribution is 0.756. The Bertz CT molecular complexity index is 2420. The molecule has 14 rings (SSSR count). The molecule has 0 nitrogen and oxygen atoms in total. The van der Waals surface area contributed by atoms with Crippen molar-refractivity contribution in [2.24, 2.45) is 0 Å². The predicted octanol–water partition coefficient (Wildman–Crippen LogP) is 12.3. The molecule has 8 aromatic carbocycles. The summed E-state index contributed by atoms with van der Waals surface area (Å²) in [6, 6.07) is 60.6. The average molecular weight is 623 g/mol. The van der Waals surface area contributed by atoms with Crippen LogP contribution in [0.25, 0.3) is 32.7 Å². The van der Waals surface area contributed by atoms with Crippen LogP contribution < -0.4 is 0 Å². The molecule has 6 aliphatic carbocycles. The maximum absolute atomic E-state index is 2.50. The van der Waals surface area contributed by atoms with Crippen LogP contribution in [0.15, 0.2) is 158 Å². The molecule has 0 radical (unpaired) electrons. The zero-order valence-corrected chi connectivity index (χ0v) is 26.3. The second kappa shape index (κ2) is 9.68. The van der Waals surface area contributed by atoms with Gasteiger partial charge in [-0.25, -0.2) is 0 Å². The highest BCUT2D eigenvalue weighted by atomic mass is 14.4. The van der Waals surface area contributed by atoms with Crippen LogP contribution in [0.4, 0.5) is 0 Å². The molecule has 0 aliphatic heterocycles. The van der Waals surface area contributed by atoms with Crippen molar-refractivity contribution in [2.75, 3.05) is 0 Å². The lowest BCUT2D eigenvalue weighted by atomic mass is 9.61. The van der Waals surface area contributed by atoms with E-state index in [0.29, 0.717) is 23.7 Å². The van der Waals surface area contributed by atoms with Gasteiger partial charge in [-0.3, -0.25) is 0 Å². The molecule has 6 aliphatic rings. The first-order valence-corrected chi connectivity index (χ1v) is 17.3. The van der Waals surface area contributed by atoms with Crippen molar-refractivity contribution in [3.05, 3.63) is 224 Å². The highest BCUT2D eigenvalue weighted by Crippen LogP contribution is 2.58. The van der Waals surface area contributed by atoms with E-state index in [9.17, 15) is 0 Å². The standard InChI is InChI=1S/C48H30.CH4/c1-5-13-37-33(9-1)45-34-10-2-6-14-38(34)47(37)43-25-31-21-27(17-19-29(31)23-41(43)45)28-18-20-30-24-42-44(26-32(30)22-28)48-39-15-7-3-11-35(39)46(42)36-12-4-8-16-40(36)48;/h1-26,45-48H;1H4. The molecule has 0 saturated carbocycles. The van der Waals surface area contributed by atoms with E-state index in [1.54, 1.807) is 0 Å². The second-order valence-corrected chi connectivity index (χ2v) is 14.3. The Balaban J connectivity index is 0.00000290. The minimum Gasteiger partial charge on any atom is -0.0776 e. The first-order valence-electron chi connectivity index (χ1n) is 17.3. The third-order valence-corrected chi connectivity index (χ3v) is 12.1. The van der Waals surface area contributed by atoms with Crippen molar-refractivity contribution in [3.63, 3.8) is 0 Å². The molecule has 4 bridgehead atoms. The predicted molar refractivity (Wildman–Crippen MR) is 203 cm³/mol. The van der Waals surface area contributed by atoms with E-state index in [1.807, 2.05) is 0 Å². The fourth-order valence-electron chi connectivity index (χ4n) is 10.2. The molecule has 0 unspecified atom stereocenters. The van der Waals surface area contributed by atoms with Crippen LogP contribution >= 0.6 is 0 Å². The summed E-state index contributed by atoms with van der Waals surface area (Å²) in [5, 5.41) is 5.29. The summed E-state index contributed by atoms with van der Waals surface area (Å²) < 4.78 is 0. The molecule has 8 aromatic rings. The summed E-state index contributed by atoms with van der Waals surface area (Å²) in [7, 11) is 0. The first-order chi connectivity index (χ1) is 23.8. The molecule has 0 heterocycles. The van der Waals surface area contributed by atoms with Gasteiger partial charge in [0, 0.05) is 23.7 Å². The van der Waals surface area contributed by atoms with Gasteiger partial charge in [0.05, 0.1) is 0 Å². The molecule has 0 heteroatoms. The Hall–Kier alpha value is -5.72. The van der Waals surface area contributed by atoms with Crippen LogP contribution in [-0.2, 0) is 0 Å². The largest absolute Gasteiger partial charge is 0.0776 e. The van der Waals surface area contributed by atoms with Gasteiger partial charge in [-0.2, -0.15) is 0 Å². The lowest BCUT2D eigenvalue weighted by Crippen LogP contribution is -2.27. The molecule has 230 valence electrons. The lowest BCUT2D eigenvalue weighted by Gasteiger charge is -2.42. The Kier molecular flexibility index (Phi) is 5.38. The van der Waals surface area contributed by atoms with E-state index in [1.165, 1.54) is 99.4 Å². The fraction of sp³-hybridized carbons (Fsp3) is 0.102. The first kappa shape index (κ1) is 27.3. The van der Waals surface area contributed by atoms with Gasteiger partial charge >= 0.3 is 0 Å². The van der Waals surface area contributed by atoms with Gasteiger partial charge in [-0.1, -0.05) is 129 Å². The number of hydrogen-bond acceptors (Lipinski definition) is 0. The van der Waals surface area contributed by atoms with Crippen LogP contribution in [-0.4, -0.2) is 0 Å². The van der Waals surface area contributed by atoms with Crippen molar-refractivity contribution >= 4 is 21.5 Å². The highest BCUT2D eigenvalue weighted by molar-refractivity contribution is 5.94. The van der Waals surface area contributed by atoms with E-state index in [2.05, 4.69) is 158 Å². The molecule has 0 saturated heterocycles. The third-order valence-electron chi connectivity index (χ3n) is 12.1. The molecule has 49 heavy (non-hydrogen) atoms. The summed E-state index contributed by atoms with van der Waals surface area (Å²) in [6.07, 6.45) is 0. The summed E-state index contributed by atoms with van der Waals surface area (Å²) in [4.78, 5) is 0. The van der Waals surface area contributed by atoms with Gasteiger partial charge in [0.2, 0.25) is 0 Å². The van der Waals surface area contributed by atoms with Crippen molar-refractivity contribution in [1.82, 2.24) is 0 Å². The number of hydrogen-bond donors (Lipinski definition) is 0. The molecule has 0 atom stereocenters. The minimum atomic E-state index is 0. The van der Waals surface area contributed by atoms with E-state index in [4.69, 9.17) is 0 Å². The zero-order chi connectivity index (χ0) is 31.1. The average Bonchev–Trinajstić information content (AvgIpc) is 3.15. The minimum absolute atomic E-state index is 0. The molecule has 0 spiro atoms. The maximum Gasteiger partial charge on any atom is 0.0349 e. The molecular formula is C49H34. The Morgan fingerprint density at radius 2 is 0.469 bits per heavy atom. The fourth-order valence-corrected chi connectivity index (χ4v) is 10.2. The Morgan fingerprint density at radius 1 is 0.224 bits per heavy atom. The van der Waals surface area contributed by atoms with E-state index < -0.39 is 0 Å². The van der Waals surface area contributed by atoms with Gasteiger partial charge in [0.15, 0.2) is 0 Å². The molecule has 0 amide bonds. The zero-order valence-electron chi connectivity index (χ0n) is 26.3. The van der Waals surface area contributed by atoms with Crippen molar-refractivity contribution in [1.29, 1.82) is 0 Å². The second-order valence-electron chi connectivity index (χ2n) is 14.3. The van der Waals surface area contributed by atoms with Crippen LogP contribution in [0.1, 0.15) is 97.9 Å². The highest BCUT2D eigenvalue weighted by Gasteiger charge is 2.42. The van der Waals surface area contributed by atoms with Gasteiger partial charge in [0.1, 0.15) is 0 Å². The summed E-state index contributed by atoms with van der Waals surface area (Å²) in [5.41, 5.74) is 20.3. The molecular weight excluding hydrogens is 589 g/mol. The monoisotopic (exact) mass is 622 g/mol. The van der Waals surface area contributed by atoms with Crippen LogP contribution in [0.2, 0.25) is 0 Å². The van der Waals surface area contributed by atoms with E-state index >= 15 is 0 Å². The van der Waals surface area contributed by atoms with Crippen molar-refractivity contribution in [3.8, 4) is 11.1 Å². The quantitative estimate of drug-likeness (QED) is 0.171. The van der Waals surface area contributed by atoms with Crippen LogP contribution in [0, 0.1) is 0 Å². The number of benzene rings is 8. The van der Waals surface area contributed by atoms with Crippen molar-refractivity contribution in [2.45, 2.75) is 31.1 Å². The van der Waals surface area contributed by atoms with E-state index in [0.717, 1.165) is 0 Å². The molecule has 0 fully saturated rings. The summed E-state index contributed by atoms with van der Waals surface area (Å²) >= 11 is 0. The molecule has 0 aromatic heterocycles. The topological polar surface area (TPSA) is 0 Å². The Morgan fingerprint density at radius 3 is 0.735 bits per heavy atom. The smallest absolute Gasteiger partial charge is 0.0349 e. The van der Waals surface area contributed by atoms with E-state index in [-0.39, 0.29) is 7.43 Å². The van der Waals surface area contributed by atoms with Gasteiger partial charge in [-0.05, 0) is 136 Å². The van der Waals surface area contributed by atoms with Crippen molar-refractivity contribution < 1.29 is 0 Å². The van der Waals surface area contributed by atoms with Gasteiger partial charge in [0.25, 0.3) is 0 Å². The SMILES string of the molecule is C.c1ccc2c(c1)C1c3ccccc3C2c2cc3cc(-c4ccc5cc6c(cc5c4)C4c5ccccc5C6c5ccccc54)ccc3cc21. The maximum atomic E-state index is 2.50. The van der Waals surface area contributed by atoms with Crippen LogP contribution in [0.5, 0.6) is 0 Å². The Labute approximate surface area is 287 Å². The summed E-state index contributed by atoms with van der Waals surface area (Å²) in [5.74, 6) is 1.20. The van der Waals surface area contributed by atoms with Crippen LogP contribution in [0.3, 0.4) is 0 Å².